The van der Waals surface area contributed by atoms with Gasteiger partial charge in [-0.05, 0) is 18.2 Å². The summed E-state index contributed by atoms with van der Waals surface area (Å²) in [4.78, 5) is 22.0. The van der Waals surface area contributed by atoms with E-state index in [1.165, 1.54) is 4.57 Å². The number of aldehydes is 1. The molecule has 0 saturated heterocycles. The second kappa shape index (κ2) is 3.75. The van der Waals surface area contributed by atoms with Gasteiger partial charge in [0, 0.05) is 22.4 Å². The molecule has 0 unspecified atom stereocenters. The largest absolute Gasteiger partial charge is 0.477 e. The first-order valence-electron chi connectivity index (χ1n) is 4.52. The molecular weight excluding hydrogens is 274 g/mol. The monoisotopic (exact) mass is 281 g/mol. The molecule has 1 heterocycles. The molecule has 0 saturated carbocycles. The Labute approximate surface area is 99.6 Å². The van der Waals surface area contributed by atoms with Crippen molar-refractivity contribution in [2.24, 2.45) is 7.05 Å². The van der Waals surface area contributed by atoms with Gasteiger partial charge in [0.1, 0.15) is 5.69 Å². The smallest absolute Gasteiger partial charge is 0.353 e. The minimum absolute atomic E-state index is 0.0168. The normalized spacial score (nSPS) is 10.6. The Hall–Kier alpha value is -1.62. The van der Waals surface area contributed by atoms with Crippen LogP contribution in [0.25, 0.3) is 10.9 Å². The number of aromatic nitrogens is 1. The van der Waals surface area contributed by atoms with Crippen LogP contribution in [0.1, 0.15) is 20.8 Å². The van der Waals surface area contributed by atoms with Crippen LogP contribution in [0.4, 0.5) is 0 Å². The Bertz CT molecular complexity index is 601. The molecule has 2 rings (SSSR count). The molecule has 1 aromatic heterocycles. The van der Waals surface area contributed by atoms with E-state index in [4.69, 9.17) is 5.11 Å². The summed E-state index contributed by atoms with van der Waals surface area (Å²) >= 11 is 3.29. The predicted octanol–water partition coefficient (Wildman–Crippen LogP) is 2.45. The van der Waals surface area contributed by atoms with Gasteiger partial charge in [-0.1, -0.05) is 15.9 Å². The molecule has 0 atom stereocenters. The van der Waals surface area contributed by atoms with Crippen LogP contribution in [0, 0.1) is 0 Å². The number of carboxylic acid groups (broad SMARTS) is 1. The molecule has 16 heavy (non-hydrogen) atoms. The van der Waals surface area contributed by atoms with Crippen LogP contribution in [0.3, 0.4) is 0 Å². The first kappa shape index (κ1) is 10.9. The van der Waals surface area contributed by atoms with Gasteiger partial charge >= 0.3 is 5.97 Å². The average Bonchev–Trinajstić information content (AvgIpc) is 2.50. The standard InChI is InChI=1S/C11H8BrNO3/c1-13-9-3-2-6(12)4-7(9)8(5-14)10(13)11(15)16/h2-5H,1H3,(H,15,16). The maximum Gasteiger partial charge on any atom is 0.353 e. The van der Waals surface area contributed by atoms with Crippen LogP contribution in [-0.4, -0.2) is 21.9 Å². The summed E-state index contributed by atoms with van der Waals surface area (Å²) in [5, 5.41) is 9.70. The third-order valence-corrected chi connectivity index (χ3v) is 3.01. The Kier molecular flexibility index (Phi) is 2.55. The average molecular weight is 282 g/mol. The van der Waals surface area contributed by atoms with Crippen molar-refractivity contribution in [1.82, 2.24) is 4.57 Å². The van der Waals surface area contributed by atoms with Crippen molar-refractivity contribution >= 4 is 39.1 Å². The highest BCUT2D eigenvalue weighted by Crippen LogP contribution is 2.27. The van der Waals surface area contributed by atoms with E-state index in [0.29, 0.717) is 11.7 Å². The van der Waals surface area contributed by atoms with Crippen LogP contribution in [0.2, 0.25) is 0 Å². The molecule has 0 aliphatic heterocycles. The van der Waals surface area contributed by atoms with E-state index < -0.39 is 5.97 Å². The van der Waals surface area contributed by atoms with E-state index in [0.717, 1.165) is 9.99 Å². The fraction of sp³-hybridized carbons (Fsp3) is 0.0909. The highest BCUT2D eigenvalue weighted by atomic mass is 79.9. The van der Waals surface area contributed by atoms with E-state index in [2.05, 4.69) is 15.9 Å². The minimum atomic E-state index is -1.10. The quantitative estimate of drug-likeness (QED) is 0.861. The number of aromatic carboxylic acids is 1. The Morgan fingerprint density at radius 1 is 1.50 bits per heavy atom. The Morgan fingerprint density at radius 3 is 2.75 bits per heavy atom. The highest BCUT2D eigenvalue weighted by molar-refractivity contribution is 9.10. The van der Waals surface area contributed by atoms with Crippen LogP contribution in [0.5, 0.6) is 0 Å². The maximum atomic E-state index is 11.1. The summed E-state index contributed by atoms with van der Waals surface area (Å²) in [6.07, 6.45) is 0.582. The fourth-order valence-electron chi connectivity index (χ4n) is 1.82. The third kappa shape index (κ3) is 1.44. The van der Waals surface area contributed by atoms with Crippen molar-refractivity contribution in [2.45, 2.75) is 0 Å². The van der Waals surface area contributed by atoms with Gasteiger partial charge in [-0.25, -0.2) is 4.79 Å². The number of hydrogen-bond donors (Lipinski definition) is 1. The molecule has 82 valence electrons. The topological polar surface area (TPSA) is 59.3 Å². The van der Waals surface area contributed by atoms with Crippen LogP contribution >= 0.6 is 15.9 Å². The second-order valence-corrected chi connectivity index (χ2v) is 4.32. The number of carboxylic acids is 1. The molecule has 0 aliphatic carbocycles. The number of carbonyl (C=O) groups excluding carboxylic acids is 1. The second-order valence-electron chi connectivity index (χ2n) is 3.41. The molecule has 1 aromatic carbocycles. The number of carbonyl (C=O) groups is 2. The molecule has 0 amide bonds. The number of aryl methyl sites for hydroxylation is 1. The molecule has 2 aromatic rings. The molecule has 4 nitrogen and oxygen atoms in total. The molecule has 0 bridgehead atoms. The lowest BCUT2D eigenvalue weighted by atomic mass is 10.1. The van der Waals surface area contributed by atoms with Crippen molar-refractivity contribution in [3.05, 3.63) is 33.9 Å². The molecular formula is C11H8BrNO3. The highest BCUT2D eigenvalue weighted by Gasteiger charge is 2.19. The van der Waals surface area contributed by atoms with Gasteiger partial charge in [-0.2, -0.15) is 0 Å². The zero-order valence-corrected chi connectivity index (χ0v) is 9.98. The summed E-state index contributed by atoms with van der Waals surface area (Å²) in [5.74, 6) is -1.10. The summed E-state index contributed by atoms with van der Waals surface area (Å²) < 4.78 is 2.32. The van der Waals surface area contributed by atoms with Crippen molar-refractivity contribution in [3.8, 4) is 0 Å². The van der Waals surface area contributed by atoms with E-state index in [9.17, 15) is 9.59 Å². The molecule has 5 heteroatoms. The van der Waals surface area contributed by atoms with Crippen LogP contribution < -0.4 is 0 Å². The van der Waals surface area contributed by atoms with E-state index in [1.54, 1.807) is 19.2 Å². The number of rotatable bonds is 2. The van der Waals surface area contributed by atoms with Crippen molar-refractivity contribution in [3.63, 3.8) is 0 Å². The zero-order valence-electron chi connectivity index (χ0n) is 8.40. The predicted molar refractivity (Wildman–Crippen MR) is 63.0 cm³/mol. The lowest BCUT2D eigenvalue weighted by Crippen LogP contribution is -2.06. The first-order chi connectivity index (χ1) is 7.56. The van der Waals surface area contributed by atoms with Crippen molar-refractivity contribution in [2.75, 3.05) is 0 Å². The van der Waals surface area contributed by atoms with Gasteiger partial charge in [0.2, 0.25) is 0 Å². The molecule has 0 fully saturated rings. The third-order valence-electron chi connectivity index (χ3n) is 2.52. The summed E-state index contributed by atoms with van der Waals surface area (Å²) in [6.45, 7) is 0. The zero-order chi connectivity index (χ0) is 11.9. The van der Waals surface area contributed by atoms with E-state index in [1.807, 2.05) is 6.07 Å². The van der Waals surface area contributed by atoms with Crippen molar-refractivity contribution < 1.29 is 14.7 Å². The number of hydrogen-bond acceptors (Lipinski definition) is 2. The van der Waals surface area contributed by atoms with Gasteiger partial charge in [0.25, 0.3) is 0 Å². The minimum Gasteiger partial charge on any atom is -0.477 e. The summed E-state index contributed by atoms with van der Waals surface area (Å²) in [7, 11) is 1.63. The molecule has 0 radical (unpaired) electrons. The Balaban J connectivity index is 2.96. The summed E-state index contributed by atoms with van der Waals surface area (Å²) in [6, 6.07) is 5.33. The molecule has 0 spiro atoms. The van der Waals surface area contributed by atoms with E-state index in [-0.39, 0.29) is 11.3 Å². The summed E-state index contributed by atoms with van der Waals surface area (Å²) in [5.41, 5.74) is 0.956. The van der Waals surface area contributed by atoms with Crippen LogP contribution in [-0.2, 0) is 7.05 Å². The van der Waals surface area contributed by atoms with Crippen LogP contribution in [0.15, 0.2) is 22.7 Å². The molecule has 1 N–H and O–H groups in total. The lowest BCUT2D eigenvalue weighted by Gasteiger charge is -1.98. The fourth-order valence-corrected chi connectivity index (χ4v) is 2.18. The molecule has 0 aliphatic rings. The van der Waals surface area contributed by atoms with Gasteiger partial charge < -0.3 is 9.67 Å². The van der Waals surface area contributed by atoms with Gasteiger partial charge in [0.05, 0.1) is 5.56 Å². The number of benzene rings is 1. The number of nitrogens with zero attached hydrogens (tertiary/aromatic N) is 1. The lowest BCUT2D eigenvalue weighted by molar-refractivity contribution is 0.0684. The first-order valence-corrected chi connectivity index (χ1v) is 5.32. The maximum absolute atomic E-state index is 11.1. The van der Waals surface area contributed by atoms with E-state index >= 15 is 0 Å². The van der Waals surface area contributed by atoms with Gasteiger partial charge in [-0.3, -0.25) is 4.79 Å². The van der Waals surface area contributed by atoms with Gasteiger partial charge in [-0.15, -0.1) is 0 Å². The number of fused-ring (bicyclic) bond motifs is 1. The number of halogens is 1. The SMILES string of the molecule is Cn1c(C(=O)O)c(C=O)c2cc(Br)ccc21. The van der Waals surface area contributed by atoms with Gasteiger partial charge in [0.15, 0.2) is 6.29 Å². The Morgan fingerprint density at radius 2 is 2.19 bits per heavy atom. The van der Waals surface area contributed by atoms with Crippen molar-refractivity contribution in [1.29, 1.82) is 0 Å².